The van der Waals surface area contributed by atoms with Gasteiger partial charge in [-0.1, -0.05) is 22.9 Å². The van der Waals surface area contributed by atoms with Crippen molar-refractivity contribution in [2.24, 2.45) is 5.92 Å². The second-order valence-corrected chi connectivity index (χ2v) is 5.76. The molecular formula is C13H17BrN2O2S. The van der Waals surface area contributed by atoms with E-state index in [1.165, 1.54) is 4.90 Å². The minimum atomic E-state index is -0.252. The van der Waals surface area contributed by atoms with Crippen LogP contribution in [0.2, 0.25) is 0 Å². The van der Waals surface area contributed by atoms with Gasteiger partial charge in [0.05, 0.1) is 11.5 Å². The van der Waals surface area contributed by atoms with Gasteiger partial charge < -0.3 is 10.2 Å². The Labute approximate surface area is 127 Å². The Bertz CT molecular complexity index is 494. The maximum absolute atomic E-state index is 12.3. The quantitative estimate of drug-likeness (QED) is 0.822. The standard InChI is InChI=1S/C13H17BrN2O2S/c1-8(12(17)15-2)7-16(3)13(18)10-5-4-9(14)6-11(10)19/h4-6,8,19H,7H2,1-3H3,(H,15,17). The summed E-state index contributed by atoms with van der Waals surface area (Å²) in [4.78, 5) is 25.8. The number of carbonyl (C=O) groups excluding carboxylic acids is 2. The van der Waals surface area contributed by atoms with Crippen molar-refractivity contribution in [3.05, 3.63) is 28.2 Å². The normalized spacial score (nSPS) is 11.8. The van der Waals surface area contributed by atoms with E-state index < -0.39 is 0 Å². The van der Waals surface area contributed by atoms with Crippen molar-refractivity contribution in [3.63, 3.8) is 0 Å². The number of rotatable bonds is 4. The van der Waals surface area contributed by atoms with Gasteiger partial charge in [0, 0.05) is 30.0 Å². The number of halogens is 1. The van der Waals surface area contributed by atoms with Crippen LogP contribution in [0, 0.1) is 5.92 Å². The van der Waals surface area contributed by atoms with E-state index >= 15 is 0 Å². The summed E-state index contributed by atoms with van der Waals surface area (Å²) in [5.74, 6) is -0.479. The number of hydrogen-bond acceptors (Lipinski definition) is 3. The van der Waals surface area contributed by atoms with Gasteiger partial charge in [-0.25, -0.2) is 0 Å². The fraction of sp³-hybridized carbons (Fsp3) is 0.385. The molecule has 0 radical (unpaired) electrons. The van der Waals surface area contributed by atoms with Crippen LogP contribution < -0.4 is 5.32 Å². The molecule has 6 heteroatoms. The Balaban J connectivity index is 2.79. The molecule has 0 aliphatic rings. The van der Waals surface area contributed by atoms with Gasteiger partial charge >= 0.3 is 0 Å². The van der Waals surface area contributed by atoms with Crippen LogP contribution in [-0.2, 0) is 4.79 Å². The van der Waals surface area contributed by atoms with Gasteiger partial charge in [0.25, 0.3) is 5.91 Å². The fourth-order valence-electron chi connectivity index (χ4n) is 1.71. The first-order valence-electron chi connectivity index (χ1n) is 5.82. The molecule has 0 spiro atoms. The van der Waals surface area contributed by atoms with E-state index in [4.69, 9.17) is 0 Å². The van der Waals surface area contributed by atoms with Crippen LogP contribution in [-0.4, -0.2) is 37.4 Å². The van der Waals surface area contributed by atoms with Crippen molar-refractivity contribution in [1.29, 1.82) is 0 Å². The molecule has 1 unspecified atom stereocenters. The highest BCUT2D eigenvalue weighted by atomic mass is 79.9. The highest BCUT2D eigenvalue weighted by Gasteiger charge is 2.19. The third kappa shape index (κ3) is 4.24. The molecule has 1 N–H and O–H groups in total. The first-order valence-corrected chi connectivity index (χ1v) is 7.06. The predicted octanol–water partition coefficient (Wildman–Crippen LogP) is 2.19. The van der Waals surface area contributed by atoms with E-state index in [1.54, 1.807) is 39.2 Å². The number of hydrogen-bond donors (Lipinski definition) is 2. The van der Waals surface area contributed by atoms with Crippen LogP contribution in [0.5, 0.6) is 0 Å². The summed E-state index contributed by atoms with van der Waals surface area (Å²) in [5.41, 5.74) is 0.526. The molecule has 0 bridgehead atoms. The Kier molecular flexibility index (Phi) is 5.87. The second-order valence-electron chi connectivity index (χ2n) is 4.36. The van der Waals surface area contributed by atoms with Gasteiger partial charge in [-0.2, -0.15) is 0 Å². The van der Waals surface area contributed by atoms with Crippen molar-refractivity contribution >= 4 is 40.4 Å². The van der Waals surface area contributed by atoms with Crippen LogP contribution >= 0.6 is 28.6 Å². The number of carbonyl (C=O) groups is 2. The van der Waals surface area contributed by atoms with E-state index in [-0.39, 0.29) is 17.7 Å². The summed E-state index contributed by atoms with van der Waals surface area (Å²) in [5, 5.41) is 2.57. The summed E-state index contributed by atoms with van der Waals surface area (Å²) in [6.07, 6.45) is 0. The molecule has 4 nitrogen and oxygen atoms in total. The average molecular weight is 345 g/mol. The van der Waals surface area contributed by atoms with E-state index in [9.17, 15) is 9.59 Å². The van der Waals surface area contributed by atoms with Crippen molar-refractivity contribution in [2.75, 3.05) is 20.6 Å². The zero-order valence-corrected chi connectivity index (χ0v) is 13.6. The molecule has 104 valence electrons. The lowest BCUT2D eigenvalue weighted by atomic mass is 10.1. The van der Waals surface area contributed by atoms with E-state index in [0.29, 0.717) is 17.0 Å². The van der Waals surface area contributed by atoms with E-state index in [2.05, 4.69) is 33.9 Å². The van der Waals surface area contributed by atoms with E-state index in [1.807, 2.05) is 0 Å². The summed E-state index contributed by atoms with van der Waals surface area (Å²) >= 11 is 7.62. The van der Waals surface area contributed by atoms with Gasteiger partial charge in [0.2, 0.25) is 5.91 Å². The SMILES string of the molecule is CNC(=O)C(C)CN(C)C(=O)c1ccc(Br)cc1S. The van der Waals surface area contributed by atoms with Crippen molar-refractivity contribution in [3.8, 4) is 0 Å². The molecule has 1 aromatic carbocycles. The average Bonchev–Trinajstić information content (AvgIpc) is 2.36. The van der Waals surface area contributed by atoms with E-state index in [0.717, 1.165) is 4.47 Å². The molecule has 0 heterocycles. The van der Waals surface area contributed by atoms with Crippen LogP contribution in [0.1, 0.15) is 17.3 Å². The lowest BCUT2D eigenvalue weighted by Gasteiger charge is -2.21. The molecule has 0 saturated heterocycles. The molecule has 0 fully saturated rings. The lowest BCUT2D eigenvalue weighted by molar-refractivity contribution is -0.124. The zero-order valence-electron chi connectivity index (χ0n) is 11.1. The van der Waals surface area contributed by atoms with Crippen LogP contribution in [0.3, 0.4) is 0 Å². The molecule has 19 heavy (non-hydrogen) atoms. The maximum Gasteiger partial charge on any atom is 0.254 e. The first-order chi connectivity index (χ1) is 8.86. The Hall–Kier alpha value is -1.01. The largest absolute Gasteiger partial charge is 0.359 e. The Morgan fingerprint density at radius 3 is 2.63 bits per heavy atom. The summed E-state index contributed by atoms with van der Waals surface area (Å²) in [6.45, 7) is 2.15. The van der Waals surface area contributed by atoms with Crippen LogP contribution in [0.25, 0.3) is 0 Å². The minimum Gasteiger partial charge on any atom is -0.359 e. The maximum atomic E-state index is 12.3. The molecule has 1 rings (SSSR count). The number of benzene rings is 1. The van der Waals surface area contributed by atoms with Crippen LogP contribution in [0.15, 0.2) is 27.6 Å². The van der Waals surface area contributed by atoms with Crippen LogP contribution in [0.4, 0.5) is 0 Å². The van der Waals surface area contributed by atoms with Crippen molar-refractivity contribution in [1.82, 2.24) is 10.2 Å². The van der Waals surface area contributed by atoms with Gasteiger partial charge in [-0.05, 0) is 18.2 Å². The fourth-order valence-corrected chi connectivity index (χ4v) is 2.56. The molecule has 0 aliphatic heterocycles. The number of thiol groups is 1. The van der Waals surface area contributed by atoms with Crippen molar-refractivity contribution < 1.29 is 9.59 Å². The number of nitrogens with zero attached hydrogens (tertiary/aromatic N) is 1. The monoisotopic (exact) mass is 344 g/mol. The molecule has 1 atom stereocenters. The van der Waals surface area contributed by atoms with Gasteiger partial charge in [-0.3, -0.25) is 9.59 Å². The molecule has 0 saturated carbocycles. The zero-order chi connectivity index (χ0) is 14.6. The smallest absolute Gasteiger partial charge is 0.254 e. The summed E-state index contributed by atoms with van der Waals surface area (Å²) in [7, 11) is 3.26. The first kappa shape index (κ1) is 16.0. The topological polar surface area (TPSA) is 49.4 Å². The lowest BCUT2D eigenvalue weighted by Crippen LogP contribution is -2.37. The minimum absolute atomic E-state index is 0.0819. The number of nitrogens with one attached hydrogen (secondary N) is 1. The van der Waals surface area contributed by atoms with Gasteiger partial charge in [-0.15, -0.1) is 12.6 Å². The third-order valence-electron chi connectivity index (χ3n) is 2.78. The van der Waals surface area contributed by atoms with Gasteiger partial charge in [0.15, 0.2) is 0 Å². The molecule has 1 aromatic rings. The third-order valence-corrected chi connectivity index (χ3v) is 3.64. The molecule has 0 aliphatic carbocycles. The Morgan fingerprint density at radius 1 is 1.47 bits per heavy atom. The summed E-state index contributed by atoms with van der Waals surface area (Å²) < 4.78 is 0.871. The van der Waals surface area contributed by atoms with Gasteiger partial charge in [0.1, 0.15) is 0 Å². The van der Waals surface area contributed by atoms with Crippen molar-refractivity contribution in [2.45, 2.75) is 11.8 Å². The highest BCUT2D eigenvalue weighted by molar-refractivity contribution is 9.10. The molecular weight excluding hydrogens is 328 g/mol. The molecule has 2 amide bonds. The molecule has 0 aromatic heterocycles. The highest BCUT2D eigenvalue weighted by Crippen LogP contribution is 2.21. The second kappa shape index (κ2) is 6.96. The number of amides is 2. The predicted molar refractivity (Wildman–Crippen MR) is 81.6 cm³/mol. The summed E-state index contributed by atoms with van der Waals surface area (Å²) in [6, 6.07) is 5.28. The Morgan fingerprint density at radius 2 is 2.11 bits per heavy atom.